The third kappa shape index (κ3) is 5.10. The van der Waals surface area contributed by atoms with Crippen molar-refractivity contribution in [2.24, 2.45) is 5.10 Å². The predicted octanol–water partition coefficient (Wildman–Crippen LogP) is 4.83. The minimum absolute atomic E-state index is 0.140. The van der Waals surface area contributed by atoms with E-state index >= 15 is 0 Å². The second kappa shape index (κ2) is 8.57. The first-order valence-corrected chi connectivity index (χ1v) is 9.07. The van der Waals surface area contributed by atoms with Gasteiger partial charge in [-0.05, 0) is 24.0 Å². The molecule has 1 aliphatic rings. The minimum atomic E-state index is -4.60. The number of hydrazone groups is 1. The van der Waals surface area contributed by atoms with Crippen molar-refractivity contribution in [2.45, 2.75) is 37.6 Å². The molecule has 1 fully saturated rings. The summed E-state index contributed by atoms with van der Waals surface area (Å²) in [6.45, 7) is 1.21. The average Bonchev–Trinajstić information content (AvgIpc) is 3.18. The van der Waals surface area contributed by atoms with Gasteiger partial charge in [0.25, 0.3) is 0 Å². The highest BCUT2D eigenvalue weighted by Gasteiger charge is 2.55. The first kappa shape index (κ1) is 19.4. The summed E-state index contributed by atoms with van der Waals surface area (Å²) in [6.07, 6.45) is -2.07. The lowest BCUT2D eigenvalue weighted by molar-refractivity contribution is -0.249. The Kier molecular flexibility index (Phi) is 6.16. The molecular formula is C21H23F3N2O. The second-order valence-corrected chi connectivity index (χ2v) is 6.73. The number of ether oxygens (including phenoxy) is 1. The highest BCUT2D eigenvalue weighted by atomic mass is 19.4. The largest absolute Gasteiger partial charge is 0.423 e. The summed E-state index contributed by atoms with van der Waals surface area (Å²) in [7, 11) is 0. The van der Waals surface area contributed by atoms with E-state index in [-0.39, 0.29) is 13.0 Å². The lowest BCUT2D eigenvalue weighted by Crippen LogP contribution is -2.51. The Bertz CT molecular complexity index is 728. The number of rotatable bonds is 7. The quantitative estimate of drug-likeness (QED) is 0.647. The van der Waals surface area contributed by atoms with Gasteiger partial charge >= 0.3 is 6.18 Å². The molecule has 6 heteroatoms. The molecule has 0 spiro atoms. The second-order valence-electron chi connectivity index (χ2n) is 6.73. The molecule has 0 radical (unpaired) electrons. The third-order valence-electron chi connectivity index (χ3n) is 4.64. The van der Waals surface area contributed by atoms with Gasteiger partial charge in [0, 0.05) is 19.5 Å². The fourth-order valence-electron chi connectivity index (χ4n) is 3.07. The Morgan fingerprint density at radius 1 is 0.889 bits per heavy atom. The highest BCUT2D eigenvalue weighted by molar-refractivity contribution is 5.70. The van der Waals surface area contributed by atoms with Crippen molar-refractivity contribution in [1.29, 1.82) is 0 Å². The first-order chi connectivity index (χ1) is 13.0. The molecule has 144 valence electrons. The lowest BCUT2D eigenvalue weighted by atomic mass is 9.94. The first-order valence-electron chi connectivity index (χ1n) is 9.07. The zero-order valence-corrected chi connectivity index (χ0v) is 15.0. The summed E-state index contributed by atoms with van der Waals surface area (Å²) in [6, 6.07) is 17.5. The van der Waals surface area contributed by atoms with Gasteiger partial charge in [-0.25, -0.2) is 0 Å². The monoisotopic (exact) mass is 376 g/mol. The SMILES string of the molecule is FC(F)(F)C(/C=N/N1CCCC1)(Cc1ccccc1)OCc1ccccc1. The van der Waals surface area contributed by atoms with Crippen LogP contribution in [-0.2, 0) is 17.8 Å². The van der Waals surface area contributed by atoms with Crippen molar-refractivity contribution < 1.29 is 17.9 Å². The molecule has 2 aromatic carbocycles. The van der Waals surface area contributed by atoms with Crippen LogP contribution in [0.4, 0.5) is 13.2 Å². The summed E-state index contributed by atoms with van der Waals surface area (Å²) in [4.78, 5) is 0. The van der Waals surface area contributed by atoms with Crippen LogP contribution in [0.5, 0.6) is 0 Å². The molecule has 1 heterocycles. The molecule has 0 aromatic heterocycles. The predicted molar refractivity (Wildman–Crippen MR) is 99.5 cm³/mol. The third-order valence-corrected chi connectivity index (χ3v) is 4.64. The number of nitrogens with zero attached hydrogens (tertiary/aromatic N) is 2. The van der Waals surface area contributed by atoms with Crippen LogP contribution in [0.2, 0.25) is 0 Å². The smallest absolute Gasteiger partial charge is 0.355 e. The van der Waals surface area contributed by atoms with Crippen molar-refractivity contribution in [3.05, 3.63) is 71.8 Å². The van der Waals surface area contributed by atoms with E-state index in [1.807, 2.05) is 6.07 Å². The molecule has 3 nitrogen and oxygen atoms in total. The van der Waals surface area contributed by atoms with E-state index < -0.39 is 11.8 Å². The molecule has 2 aromatic rings. The summed E-state index contributed by atoms with van der Waals surface area (Å²) in [5, 5.41) is 5.81. The van der Waals surface area contributed by atoms with Gasteiger partial charge in [0.1, 0.15) is 0 Å². The van der Waals surface area contributed by atoms with Crippen LogP contribution in [0.25, 0.3) is 0 Å². The van der Waals surface area contributed by atoms with Gasteiger partial charge in [-0.2, -0.15) is 18.3 Å². The van der Waals surface area contributed by atoms with Gasteiger partial charge in [0.05, 0.1) is 12.8 Å². The summed E-state index contributed by atoms with van der Waals surface area (Å²) in [5.41, 5.74) is -1.24. The van der Waals surface area contributed by atoms with Crippen molar-refractivity contribution in [1.82, 2.24) is 5.01 Å². The minimum Gasteiger partial charge on any atom is -0.355 e. The number of hydrogen-bond donors (Lipinski definition) is 0. The van der Waals surface area contributed by atoms with E-state index in [0.29, 0.717) is 24.2 Å². The van der Waals surface area contributed by atoms with Gasteiger partial charge in [-0.1, -0.05) is 60.7 Å². The molecule has 0 amide bonds. The van der Waals surface area contributed by atoms with E-state index in [4.69, 9.17) is 4.74 Å². The van der Waals surface area contributed by atoms with Gasteiger partial charge in [0.15, 0.2) is 0 Å². The number of halogens is 3. The molecule has 1 aliphatic heterocycles. The zero-order valence-electron chi connectivity index (χ0n) is 15.0. The van der Waals surface area contributed by atoms with E-state index in [1.54, 1.807) is 59.6 Å². The van der Waals surface area contributed by atoms with Gasteiger partial charge in [-0.15, -0.1) is 0 Å². The maximum Gasteiger partial charge on any atom is 0.423 e. The molecule has 27 heavy (non-hydrogen) atoms. The van der Waals surface area contributed by atoms with Crippen LogP contribution in [0.3, 0.4) is 0 Å². The summed E-state index contributed by atoms with van der Waals surface area (Å²) in [5.74, 6) is 0. The normalized spacial score (nSPS) is 17.4. The molecule has 0 N–H and O–H groups in total. The standard InChI is InChI=1S/C21H23F3N2O/c22-21(23,24)20(15-18-9-3-1-4-10-18,17-25-26-13-7-8-14-26)27-16-19-11-5-2-6-12-19/h1-6,9-12,17H,7-8,13-16H2/b25-17+. The Morgan fingerprint density at radius 3 is 2.00 bits per heavy atom. The van der Waals surface area contributed by atoms with Crippen LogP contribution in [-0.4, -0.2) is 36.1 Å². The lowest BCUT2D eigenvalue weighted by Gasteiger charge is -2.33. The Balaban J connectivity index is 1.89. The van der Waals surface area contributed by atoms with Gasteiger partial charge < -0.3 is 4.74 Å². The fourth-order valence-corrected chi connectivity index (χ4v) is 3.07. The Morgan fingerprint density at radius 2 is 1.44 bits per heavy atom. The van der Waals surface area contributed by atoms with Gasteiger partial charge in [-0.3, -0.25) is 5.01 Å². The zero-order chi connectivity index (χ0) is 19.2. The van der Waals surface area contributed by atoms with Crippen molar-refractivity contribution in [3.63, 3.8) is 0 Å². The topological polar surface area (TPSA) is 24.8 Å². The van der Waals surface area contributed by atoms with E-state index in [0.717, 1.165) is 19.1 Å². The fraction of sp³-hybridized carbons (Fsp3) is 0.381. The maximum absolute atomic E-state index is 14.2. The summed E-state index contributed by atoms with van der Waals surface area (Å²) >= 11 is 0. The number of alkyl halides is 3. The Labute approximate surface area is 157 Å². The molecular weight excluding hydrogens is 353 g/mol. The van der Waals surface area contributed by atoms with Crippen molar-refractivity contribution in [3.8, 4) is 0 Å². The van der Waals surface area contributed by atoms with Crippen LogP contribution in [0.15, 0.2) is 65.8 Å². The number of hydrogen-bond acceptors (Lipinski definition) is 3. The molecule has 3 rings (SSSR count). The highest BCUT2D eigenvalue weighted by Crippen LogP contribution is 2.36. The molecule has 1 atom stereocenters. The van der Waals surface area contributed by atoms with E-state index in [9.17, 15) is 13.2 Å². The van der Waals surface area contributed by atoms with E-state index in [2.05, 4.69) is 5.10 Å². The van der Waals surface area contributed by atoms with Crippen molar-refractivity contribution >= 4 is 6.21 Å². The molecule has 0 aliphatic carbocycles. The Hall–Kier alpha value is -2.34. The van der Waals surface area contributed by atoms with Crippen molar-refractivity contribution in [2.75, 3.05) is 13.1 Å². The molecule has 1 saturated heterocycles. The molecule has 0 bridgehead atoms. The van der Waals surface area contributed by atoms with Crippen LogP contribution in [0.1, 0.15) is 24.0 Å². The van der Waals surface area contributed by atoms with Crippen LogP contribution >= 0.6 is 0 Å². The van der Waals surface area contributed by atoms with Crippen LogP contribution < -0.4 is 0 Å². The van der Waals surface area contributed by atoms with Gasteiger partial charge in [0.2, 0.25) is 5.60 Å². The van der Waals surface area contributed by atoms with Crippen LogP contribution in [0, 0.1) is 0 Å². The summed E-state index contributed by atoms with van der Waals surface area (Å²) < 4.78 is 48.2. The molecule has 1 unspecified atom stereocenters. The molecule has 0 saturated carbocycles. The van der Waals surface area contributed by atoms with E-state index in [1.165, 1.54) is 0 Å². The maximum atomic E-state index is 14.2. The average molecular weight is 376 g/mol. The number of benzene rings is 2.